The molecule has 0 aliphatic carbocycles. The lowest BCUT2D eigenvalue weighted by molar-refractivity contribution is -0.150. The van der Waals surface area contributed by atoms with Crippen LogP contribution >= 0.6 is 0 Å². The number of ether oxygens (including phenoxy) is 2. The zero-order valence-corrected chi connectivity index (χ0v) is 7.16. The number of carboxylic acid groups (broad SMARTS) is 1. The molecule has 2 atom stereocenters. The summed E-state index contributed by atoms with van der Waals surface area (Å²) in [6.45, 7) is 2.69. The first-order valence-electron chi connectivity index (χ1n) is 4.16. The Morgan fingerprint density at radius 1 is 1.83 bits per heavy atom. The molecule has 70 valence electrons. The van der Waals surface area contributed by atoms with E-state index in [9.17, 15) is 4.79 Å². The Morgan fingerprint density at radius 3 is 3.08 bits per heavy atom. The molecule has 12 heavy (non-hydrogen) atoms. The third-order valence-electron chi connectivity index (χ3n) is 1.90. The van der Waals surface area contributed by atoms with Gasteiger partial charge in [0.1, 0.15) is 0 Å². The molecule has 1 saturated heterocycles. The van der Waals surface area contributed by atoms with Gasteiger partial charge in [-0.2, -0.15) is 0 Å². The monoisotopic (exact) mass is 174 g/mol. The van der Waals surface area contributed by atoms with Crippen LogP contribution < -0.4 is 0 Å². The van der Waals surface area contributed by atoms with Crippen LogP contribution in [0.3, 0.4) is 0 Å². The zero-order chi connectivity index (χ0) is 8.97. The molecule has 0 aromatic carbocycles. The van der Waals surface area contributed by atoms with Gasteiger partial charge in [-0.1, -0.05) is 0 Å². The first-order chi connectivity index (χ1) is 5.70. The van der Waals surface area contributed by atoms with Crippen LogP contribution in [0.4, 0.5) is 0 Å². The average Bonchev–Trinajstić information content (AvgIpc) is 2.51. The van der Waals surface area contributed by atoms with Crippen molar-refractivity contribution in [2.75, 3.05) is 13.2 Å². The standard InChI is InChI=1S/C8H14O4/c1-6(8(9)10)12-5-7-3-2-4-11-7/h6-7H,2-5H2,1H3,(H,9,10)/t6-,7?/m1/s1. The van der Waals surface area contributed by atoms with E-state index >= 15 is 0 Å². The maximum absolute atomic E-state index is 10.3. The van der Waals surface area contributed by atoms with Crippen molar-refractivity contribution in [3.05, 3.63) is 0 Å². The predicted molar refractivity (Wildman–Crippen MR) is 42.0 cm³/mol. The first kappa shape index (κ1) is 9.48. The van der Waals surface area contributed by atoms with Crippen molar-refractivity contribution < 1.29 is 19.4 Å². The minimum atomic E-state index is -0.923. The van der Waals surface area contributed by atoms with E-state index in [-0.39, 0.29) is 6.10 Å². The fourth-order valence-electron chi connectivity index (χ4n) is 1.10. The highest BCUT2D eigenvalue weighted by Crippen LogP contribution is 2.12. The topological polar surface area (TPSA) is 55.8 Å². The summed E-state index contributed by atoms with van der Waals surface area (Å²) in [6, 6.07) is 0. The summed E-state index contributed by atoms with van der Waals surface area (Å²) in [6.07, 6.45) is 1.41. The van der Waals surface area contributed by atoms with Gasteiger partial charge in [0.15, 0.2) is 6.10 Å². The Hall–Kier alpha value is -0.610. The molecule has 4 heteroatoms. The third-order valence-corrected chi connectivity index (χ3v) is 1.90. The van der Waals surface area contributed by atoms with Crippen molar-refractivity contribution in [3.63, 3.8) is 0 Å². The van der Waals surface area contributed by atoms with Gasteiger partial charge < -0.3 is 14.6 Å². The van der Waals surface area contributed by atoms with Crippen LogP contribution in [-0.2, 0) is 14.3 Å². The van der Waals surface area contributed by atoms with Gasteiger partial charge in [0.2, 0.25) is 0 Å². The number of hydrogen-bond donors (Lipinski definition) is 1. The summed E-state index contributed by atoms with van der Waals surface area (Å²) in [4.78, 5) is 10.3. The lowest BCUT2D eigenvalue weighted by Crippen LogP contribution is -2.25. The fourth-order valence-corrected chi connectivity index (χ4v) is 1.10. The highest BCUT2D eigenvalue weighted by atomic mass is 16.5. The Balaban J connectivity index is 2.11. The quantitative estimate of drug-likeness (QED) is 0.680. The Labute approximate surface area is 71.5 Å². The van der Waals surface area contributed by atoms with Gasteiger partial charge in [-0.15, -0.1) is 0 Å². The van der Waals surface area contributed by atoms with Crippen LogP contribution in [0.15, 0.2) is 0 Å². The van der Waals surface area contributed by atoms with Crippen molar-refractivity contribution in [3.8, 4) is 0 Å². The SMILES string of the molecule is C[C@@H](OCC1CCCO1)C(=O)O. The van der Waals surface area contributed by atoms with E-state index < -0.39 is 12.1 Å². The van der Waals surface area contributed by atoms with Crippen molar-refractivity contribution in [2.24, 2.45) is 0 Å². The second-order valence-corrected chi connectivity index (χ2v) is 2.95. The van der Waals surface area contributed by atoms with Crippen molar-refractivity contribution in [1.29, 1.82) is 0 Å². The summed E-state index contributed by atoms with van der Waals surface area (Å²) >= 11 is 0. The van der Waals surface area contributed by atoms with Gasteiger partial charge in [0.05, 0.1) is 12.7 Å². The van der Waals surface area contributed by atoms with Gasteiger partial charge in [0.25, 0.3) is 0 Å². The van der Waals surface area contributed by atoms with Crippen LogP contribution in [0.5, 0.6) is 0 Å². The lowest BCUT2D eigenvalue weighted by atomic mass is 10.2. The molecule has 0 aromatic heterocycles. The van der Waals surface area contributed by atoms with Gasteiger partial charge in [0, 0.05) is 6.61 Å². The molecule has 1 rings (SSSR count). The fraction of sp³-hybridized carbons (Fsp3) is 0.875. The maximum atomic E-state index is 10.3. The molecule has 0 aromatic rings. The number of rotatable bonds is 4. The van der Waals surface area contributed by atoms with Gasteiger partial charge >= 0.3 is 5.97 Å². The van der Waals surface area contributed by atoms with Crippen molar-refractivity contribution >= 4 is 5.97 Å². The minimum absolute atomic E-state index is 0.104. The second-order valence-electron chi connectivity index (χ2n) is 2.95. The second kappa shape index (κ2) is 4.42. The van der Waals surface area contributed by atoms with Crippen molar-refractivity contribution in [1.82, 2.24) is 0 Å². The molecule has 1 unspecified atom stereocenters. The predicted octanol–water partition coefficient (Wildman–Crippen LogP) is 0.655. The van der Waals surface area contributed by atoms with E-state index in [1.807, 2.05) is 0 Å². The van der Waals surface area contributed by atoms with Crippen LogP contribution in [0.2, 0.25) is 0 Å². The average molecular weight is 174 g/mol. The van der Waals surface area contributed by atoms with Gasteiger partial charge in [-0.05, 0) is 19.8 Å². The highest BCUT2D eigenvalue weighted by Gasteiger charge is 2.18. The minimum Gasteiger partial charge on any atom is -0.479 e. The molecule has 1 aliphatic heterocycles. The maximum Gasteiger partial charge on any atom is 0.332 e. The van der Waals surface area contributed by atoms with E-state index in [4.69, 9.17) is 14.6 Å². The molecule has 0 radical (unpaired) electrons. The molecular formula is C8H14O4. The summed E-state index contributed by atoms with van der Waals surface area (Å²) in [5, 5.41) is 8.49. The van der Waals surface area contributed by atoms with E-state index in [1.54, 1.807) is 0 Å². The Bertz CT molecular complexity index is 151. The molecule has 0 spiro atoms. The molecule has 0 saturated carbocycles. The summed E-state index contributed by atoms with van der Waals surface area (Å²) in [7, 11) is 0. The molecular weight excluding hydrogens is 160 g/mol. The number of aliphatic carboxylic acids is 1. The number of carbonyl (C=O) groups is 1. The molecule has 1 fully saturated rings. The zero-order valence-electron chi connectivity index (χ0n) is 7.16. The normalized spacial score (nSPS) is 25.6. The van der Waals surface area contributed by atoms with Gasteiger partial charge in [-0.3, -0.25) is 0 Å². The van der Waals surface area contributed by atoms with Crippen LogP contribution in [0.1, 0.15) is 19.8 Å². The molecule has 1 N–H and O–H groups in total. The van der Waals surface area contributed by atoms with E-state index in [1.165, 1.54) is 6.92 Å². The first-order valence-corrected chi connectivity index (χ1v) is 4.16. The van der Waals surface area contributed by atoms with E-state index in [2.05, 4.69) is 0 Å². The largest absolute Gasteiger partial charge is 0.479 e. The summed E-state index contributed by atoms with van der Waals surface area (Å²) < 4.78 is 10.3. The highest BCUT2D eigenvalue weighted by molar-refractivity contribution is 5.71. The van der Waals surface area contributed by atoms with E-state index in [0.29, 0.717) is 6.61 Å². The van der Waals surface area contributed by atoms with Crippen LogP contribution in [0.25, 0.3) is 0 Å². The number of carboxylic acids is 1. The Kier molecular flexibility index (Phi) is 3.49. The van der Waals surface area contributed by atoms with Crippen molar-refractivity contribution in [2.45, 2.75) is 32.0 Å². The molecule has 0 bridgehead atoms. The molecule has 1 aliphatic rings. The van der Waals surface area contributed by atoms with E-state index in [0.717, 1.165) is 19.4 Å². The van der Waals surface area contributed by atoms with Crippen LogP contribution in [-0.4, -0.2) is 36.5 Å². The number of hydrogen-bond acceptors (Lipinski definition) is 3. The van der Waals surface area contributed by atoms with Crippen LogP contribution in [0, 0.1) is 0 Å². The third kappa shape index (κ3) is 2.79. The smallest absolute Gasteiger partial charge is 0.332 e. The molecule has 0 amide bonds. The lowest BCUT2D eigenvalue weighted by Gasteiger charge is -2.12. The molecule has 1 heterocycles. The summed E-state index contributed by atoms with van der Waals surface area (Å²) in [5.41, 5.74) is 0. The Morgan fingerprint density at radius 2 is 2.58 bits per heavy atom. The van der Waals surface area contributed by atoms with Gasteiger partial charge in [-0.25, -0.2) is 4.79 Å². The molecule has 4 nitrogen and oxygen atoms in total. The summed E-state index contributed by atoms with van der Waals surface area (Å²) in [5.74, 6) is -0.923.